The van der Waals surface area contributed by atoms with E-state index in [0.717, 1.165) is 19.3 Å². The van der Waals surface area contributed by atoms with Gasteiger partial charge in [-0.1, -0.05) is 19.3 Å². The van der Waals surface area contributed by atoms with Gasteiger partial charge in [0.1, 0.15) is 5.41 Å². The Labute approximate surface area is 71.3 Å². The average molecular weight is 170 g/mol. The maximum Gasteiger partial charge on any atom is 0.233 e. The summed E-state index contributed by atoms with van der Waals surface area (Å²) in [7, 11) is 0. The van der Waals surface area contributed by atoms with Crippen LogP contribution in [0.4, 0.5) is 0 Å². The van der Waals surface area contributed by atoms with Crippen LogP contribution in [0.3, 0.4) is 0 Å². The molecule has 1 saturated carbocycles. The minimum absolute atomic E-state index is 0.525. The van der Waals surface area contributed by atoms with E-state index in [4.69, 9.17) is 11.5 Å². The SMILES string of the molecule is NC(=O)C1(C(N)=O)CCCCC1. The van der Waals surface area contributed by atoms with Crippen molar-refractivity contribution in [3.63, 3.8) is 0 Å². The fourth-order valence-electron chi connectivity index (χ4n) is 1.77. The lowest BCUT2D eigenvalue weighted by Gasteiger charge is -2.30. The topological polar surface area (TPSA) is 86.2 Å². The van der Waals surface area contributed by atoms with Gasteiger partial charge in [0.25, 0.3) is 0 Å². The molecule has 4 nitrogen and oxygen atoms in total. The number of primary amides is 2. The lowest BCUT2D eigenvalue weighted by atomic mass is 9.73. The van der Waals surface area contributed by atoms with Crippen LogP contribution in [0.5, 0.6) is 0 Å². The summed E-state index contributed by atoms with van der Waals surface area (Å²) >= 11 is 0. The molecule has 2 amide bonds. The predicted octanol–water partition coefficient (Wildman–Crippen LogP) is -0.0925. The summed E-state index contributed by atoms with van der Waals surface area (Å²) in [5.41, 5.74) is 9.28. The lowest BCUT2D eigenvalue weighted by Crippen LogP contribution is -2.48. The van der Waals surface area contributed by atoms with E-state index < -0.39 is 17.2 Å². The molecule has 12 heavy (non-hydrogen) atoms. The molecule has 0 atom stereocenters. The van der Waals surface area contributed by atoms with Crippen molar-refractivity contribution in [1.29, 1.82) is 0 Å². The van der Waals surface area contributed by atoms with E-state index in [2.05, 4.69) is 0 Å². The van der Waals surface area contributed by atoms with E-state index in [1.807, 2.05) is 0 Å². The highest BCUT2D eigenvalue weighted by atomic mass is 16.2. The molecule has 0 aromatic carbocycles. The molecule has 4 heteroatoms. The van der Waals surface area contributed by atoms with Crippen LogP contribution in [0.1, 0.15) is 32.1 Å². The highest BCUT2D eigenvalue weighted by Crippen LogP contribution is 2.35. The van der Waals surface area contributed by atoms with Crippen molar-refractivity contribution in [2.75, 3.05) is 0 Å². The molecule has 0 spiro atoms. The zero-order chi connectivity index (χ0) is 9.19. The Morgan fingerprint density at radius 1 is 0.917 bits per heavy atom. The van der Waals surface area contributed by atoms with Crippen LogP contribution >= 0.6 is 0 Å². The molecule has 4 N–H and O–H groups in total. The largest absolute Gasteiger partial charge is 0.369 e. The molecule has 1 fully saturated rings. The monoisotopic (exact) mass is 170 g/mol. The van der Waals surface area contributed by atoms with E-state index in [0.29, 0.717) is 12.8 Å². The van der Waals surface area contributed by atoms with Crippen molar-refractivity contribution in [3.8, 4) is 0 Å². The van der Waals surface area contributed by atoms with Crippen molar-refractivity contribution in [3.05, 3.63) is 0 Å². The maximum absolute atomic E-state index is 11.0. The third-order valence-corrected chi connectivity index (χ3v) is 2.65. The first kappa shape index (κ1) is 9.03. The van der Waals surface area contributed by atoms with Gasteiger partial charge in [0.15, 0.2) is 0 Å². The predicted molar refractivity (Wildman–Crippen MR) is 43.9 cm³/mol. The molecule has 0 radical (unpaired) electrons. The lowest BCUT2D eigenvalue weighted by molar-refractivity contribution is -0.141. The van der Waals surface area contributed by atoms with Crippen LogP contribution in [0.15, 0.2) is 0 Å². The second kappa shape index (κ2) is 3.13. The summed E-state index contributed by atoms with van der Waals surface area (Å²) in [5.74, 6) is -1.12. The van der Waals surface area contributed by atoms with Gasteiger partial charge in [-0.15, -0.1) is 0 Å². The second-order valence-corrected chi connectivity index (χ2v) is 3.37. The van der Waals surface area contributed by atoms with Gasteiger partial charge in [-0.2, -0.15) is 0 Å². The van der Waals surface area contributed by atoms with Crippen molar-refractivity contribution in [2.24, 2.45) is 16.9 Å². The van der Waals surface area contributed by atoms with Gasteiger partial charge < -0.3 is 11.5 Å². The molecule has 0 aromatic rings. The minimum Gasteiger partial charge on any atom is -0.369 e. The summed E-state index contributed by atoms with van der Waals surface area (Å²) in [6.45, 7) is 0. The Morgan fingerprint density at radius 3 is 1.58 bits per heavy atom. The Morgan fingerprint density at radius 2 is 1.33 bits per heavy atom. The molecule has 0 unspecified atom stereocenters. The smallest absolute Gasteiger partial charge is 0.233 e. The van der Waals surface area contributed by atoms with E-state index in [9.17, 15) is 9.59 Å². The number of rotatable bonds is 2. The number of hydrogen-bond acceptors (Lipinski definition) is 2. The summed E-state index contributed by atoms with van der Waals surface area (Å²) < 4.78 is 0. The number of amides is 2. The van der Waals surface area contributed by atoms with Gasteiger partial charge in [0.2, 0.25) is 11.8 Å². The molecule has 0 bridgehead atoms. The van der Waals surface area contributed by atoms with Gasteiger partial charge >= 0.3 is 0 Å². The van der Waals surface area contributed by atoms with Gasteiger partial charge in [-0.25, -0.2) is 0 Å². The maximum atomic E-state index is 11.0. The Hall–Kier alpha value is -1.06. The van der Waals surface area contributed by atoms with Gasteiger partial charge in [-0.3, -0.25) is 9.59 Å². The van der Waals surface area contributed by atoms with Crippen LogP contribution in [0.25, 0.3) is 0 Å². The van der Waals surface area contributed by atoms with Crippen molar-refractivity contribution in [2.45, 2.75) is 32.1 Å². The highest BCUT2D eigenvalue weighted by molar-refractivity contribution is 6.03. The fraction of sp³-hybridized carbons (Fsp3) is 0.750. The first-order valence-corrected chi connectivity index (χ1v) is 4.19. The van der Waals surface area contributed by atoms with E-state index in [1.54, 1.807) is 0 Å². The minimum atomic E-state index is -1.04. The normalized spacial score (nSPS) is 21.7. The second-order valence-electron chi connectivity index (χ2n) is 3.37. The molecule has 1 aliphatic rings. The van der Waals surface area contributed by atoms with Crippen LogP contribution in [0.2, 0.25) is 0 Å². The summed E-state index contributed by atoms with van der Waals surface area (Å²) in [4.78, 5) is 22.1. The summed E-state index contributed by atoms with van der Waals surface area (Å²) in [6.07, 6.45) is 3.84. The molecule has 1 rings (SSSR count). The molecule has 0 heterocycles. The number of nitrogens with two attached hydrogens (primary N) is 2. The summed E-state index contributed by atoms with van der Waals surface area (Å²) in [6, 6.07) is 0. The Bertz CT molecular complexity index is 191. The molecule has 68 valence electrons. The van der Waals surface area contributed by atoms with Crippen molar-refractivity contribution < 1.29 is 9.59 Å². The number of carbonyl (C=O) groups excluding carboxylic acids is 2. The standard InChI is InChI=1S/C8H14N2O2/c9-6(11)8(7(10)12)4-2-1-3-5-8/h1-5H2,(H2,9,11)(H2,10,12). The highest BCUT2D eigenvalue weighted by Gasteiger charge is 2.43. The molecule has 0 saturated heterocycles. The molecule has 1 aliphatic carbocycles. The zero-order valence-corrected chi connectivity index (χ0v) is 7.01. The van der Waals surface area contributed by atoms with E-state index in [1.165, 1.54) is 0 Å². The Balaban J connectivity index is 2.84. The third kappa shape index (κ3) is 1.29. The molecular weight excluding hydrogens is 156 g/mol. The third-order valence-electron chi connectivity index (χ3n) is 2.65. The van der Waals surface area contributed by atoms with Crippen LogP contribution in [-0.4, -0.2) is 11.8 Å². The van der Waals surface area contributed by atoms with Crippen LogP contribution < -0.4 is 11.5 Å². The quantitative estimate of drug-likeness (QED) is 0.567. The fourth-order valence-corrected chi connectivity index (χ4v) is 1.77. The van der Waals surface area contributed by atoms with Gasteiger partial charge in [0, 0.05) is 0 Å². The van der Waals surface area contributed by atoms with Gasteiger partial charge in [0.05, 0.1) is 0 Å². The van der Waals surface area contributed by atoms with Gasteiger partial charge in [-0.05, 0) is 12.8 Å². The van der Waals surface area contributed by atoms with E-state index in [-0.39, 0.29) is 0 Å². The first-order chi connectivity index (χ1) is 5.59. The first-order valence-electron chi connectivity index (χ1n) is 4.19. The number of hydrogen-bond donors (Lipinski definition) is 2. The Kier molecular flexibility index (Phi) is 2.35. The zero-order valence-electron chi connectivity index (χ0n) is 7.01. The van der Waals surface area contributed by atoms with Crippen molar-refractivity contribution in [1.82, 2.24) is 0 Å². The van der Waals surface area contributed by atoms with Crippen molar-refractivity contribution >= 4 is 11.8 Å². The van der Waals surface area contributed by atoms with Crippen LogP contribution in [-0.2, 0) is 9.59 Å². The summed E-state index contributed by atoms with van der Waals surface area (Å²) in [5, 5.41) is 0. The van der Waals surface area contributed by atoms with Crippen LogP contribution in [0, 0.1) is 5.41 Å². The molecule has 0 aromatic heterocycles. The number of carbonyl (C=O) groups is 2. The molecular formula is C8H14N2O2. The average Bonchev–Trinajstić information content (AvgIpc) is 2.05. The van der Waals surface area contributed by atoms with E-state index >= 15 is 0 Å². The molecule has 0 aliphatic heterocycles.